The van der Waals surface area contributed by atoms with E-state index in [-0.39, 0.29) is 17.4 Å². The molecule has 1 aromatic carbocycles. The number of carbonyl (C=O) groups excluding carboxylic acids is 1. The van der Waals surface area contributed by atoms with E-state index in [2.05, 4.69) is 17.5 Å². The minimum absolute atomic E-state index is 0.0178. The Morgan fingerprint density at radius 1 is 1.38 bits per heavy atom. The summed E-state index contributed by atoms with van der Waals surface area (Å²) in [5.41, 5.74) is 2.11. The van der Waals surface area contributed by atoms with Crippen LogP contribution in [-0.2, 0) is 10.2 Å². The first-order valence-electron chi connectivity index (χ1n) is 11.5. The maximum absolute atomic E-state index is 13.0. The fraction of sp³-hybridized carbons (Fsp3) is 0.444. The van der Waals surface area contributed by atoms with Crippen molar-refractivity contribution in [3.8, 4) is 5.75 Å². The van der Waals surface area contributed by atoms with Crippen LogP contribution in [-0.4, -0.2) is 53.5 Å². The van der Waals surface area contributed by atoms with Gasteiger partial charge in [0, 0.05) is 43.2 Å². The number of phenolic OH excluding ortho intramolecular Hbond substituents is 1. The fourth-order valence-electron chi connectivity index (χ4n) is 5.71. The zero-order chi connectivity index (χ0) is 22.7. The van der Waals surface area contributed by atoms with Gasteiger partial charge in [0.1, 0.15) is 11.5 Å². The molecule has 32 heavy (non-hydrogen) atoms. The van der Waals surface area contributed by atoms with Crippen molar-refractivity contribution in [1.29, 1.82) is 0 Å². The van der Waals surface area contributed by atoms with Crippen LogP contribution in [0.1, 0.15) is 42.6 Å². The van der Waals surface area contributed by atoms with E-state index in [1.165, 1.54) is 5.56 Å². The number of likely N-dealkylation sites (N-methyl/N-ethyl adjacent to an activating group) is 1. The summed E-state index contributed by atoms with van der Waals surface area (Å²) in [5, 5.41) is 10.2. The average Bonchev–Trinajstić information content (AvgIpc) is 3.21. The number of fused-ring (bicyclic) bond motifs is 1. The molecule has 5 heteroatoms. The number of likely N-dealkylation sites (tertiary alicyclic amines) is 1. The number of benzene rings is 1. The summed E-state index contributed by atoms with van der Waals surface area (Å²) < 4.78 is 5.32. The van der Waals surface area contributed by atoms with Gasteiger partial charge >= 0.3 is 0 Å². The Balaban J connectivity index is 1.56. The molecule has 170 valence electrons. The van der Waals surface area contributed by atoms with Gasteiger partial charge in [0.2, 0.25) is 5.91 Å². The second kappa shape index (κ2) is 9.37. The van der Waals surface area contributed by atoms with Crippen molar-refractivity contribution in [3.63, 3.8) is 0 Å². The van der Waals surface area contributed by atoms with E-state index in [0.29, 0.717) is 11.7 Å². The largest absolute Gasteiger partial charge is 0.508 e. The van der Waals surface area contributed by atoms with Crippen molar-refractivity contribution in [3.05, 3.63) is 72.2 Å². The van der Waals surface area contributed by atoms with E-state index in [1.807, 2.05) is 49.2 Å². The fourth-order valence-corrected chi connectivity index (χ4v) is 5.71. The van der Waals surface area contributed by atoms with Gasteiger partial charge in [-0.1, -0.05) is 18.2 Å². The third-order valence-corrected chi connectivity index (χ3v) is 7.59. The van der Waals surface area contributed by atoms with Crippen molar-refractivity contribution in [2.75, 3.05) is 26.7 Å². The average molecular weight is 435 g/mol. The Morgan fingerprint density at radius 2 is 2.22 bits per heavy atom. The molecule has 2 heterocycles. The zero-order valence-electron chi connectivity index (χ0n) is 19.2. The van der Waals surface area contributed by atoms with Gasteiger partial charge < -0.3 is 14.4 Å². The van der Waals surface area contributed by atoms with Crippen LogP contribution in [0.5, 0.6) is 5.75 Å². The molecule has 1 aromatic heterocycles. The predicted molar refractivity (Wildman–Crippen MR) is 127 cm³/mol. The number of aryl methyl sites for hydroxylation is 1. The molecule has 1 aliphatic heterocycles. The molecule has 0 unspecified atom stereocenters. The maximum Gasteiger partial charge on any atom is 0.246 e. The van der Waals surface area contributed by atoms with Crippen molar-refractivity contribution in [2.24, 2.45) is 5.92 Å². The first-order valence-corrected chi connectivity index (χ1v) is 11.5. The SMILES string of the molecule is C=CCN1CC[C@@]2(c3cccc(O)c3)C[C@@H](N(C)C(=O)/C=C/c3ccoc3C)CC[C@@H]2C1. The second-order valence-corrected chi connectivity index (χ2v) is 9.35. The van der Waals surface area contributed by atoms with E-state index in [1.54, 1.807) is 18.4 Å². The Kier molecular flexibility index (Phi) is 6.56. The third kappa shape index (κ3) is 4.40. The molecule has 1 N–H and O–H groups in total. The maximum atomic E-state index is 13.0. The molecule has 4 rings (SSSR count). The van der Waals surface area contributed by atoms with Gasteiger partial charge in [-0.15, -0.1) is 6.58 Å². The van der Waals surface area contributed by atoms with Gasteiger partial charge in [-0.2, -0.15) is 0 Å². The minimum atomic E-state index is -0.0290. The summed E-state index contributed by atoms with van der Waals surface area (Å²) in [6.07, 6.45) is 11.1. The summed E-state index contributed by atoms with van der Waals surface area (Å²) >= 11 is 0. The number of phenols is 1. The highest BCUT2D eigenvalue weighted by Crippen LogP contribution is 2.50. The van der Waals surface area contributed by atoms with Gasteiger partial charge in [-0.3, -0.25) is 9.69 Å². The monoisotopic (exact) mass is 434 g/mol. The normalized spacial score (nSPS) is 26.1. The van der Waals surface area contributed by atoms with Crippen molar-refractivity contribution in [2.45, 2.75) is 44.1 Å². The van der Waals surface area contributed by atoms with Crippen molar-refractivity contribution < 1.29 is 14.3 Å². The van der Waals surface area contributed by atoms with E-state index < -0.39 is 0 Å². The number of hydrogen-bond donors (Lipinski definition) is 1. The molecule has 2 aromatic rings. The van der Waals surface area contributed by atoms with Crippen LogP contribution in [0.2, 0.25) is 0 Å². The number of hydrogen-bond acceptors (Lipinski definition) is 4. The van der Waals surface area contributed by atoms with Crippen LogP contribution in [0.15, 0.2) is 59.7 Å². The topological polar surface area (TPSA) is 56.9 Å². The number of carbonyl (C=O) groups is 1. The van der Waals surface area contributed by atoms with E-state index in [0.717, 1.165) is 56.6 Å². The van der Waals surface area contributed by atoms with Crippen LogP contribution in [0.4, 0.5) is 0 Å². The first-order chi connectivity index (χ1) is 15.4. The molecule has 2 aliphatic rings. The van der Waals surface area contributed by atoms with E-state index in [9.17, 15) is 9.90 Å². The molecule has 1 saturated heterocycles. The van der Waals surface area contributed by atoms with Crippen molar-refractivity contribution in [1.82, 2.24) is 9.80 Å². The molecule has 2 fully saturated rings. The van der Waals surface area contributed by atoms with Gasteiger partial charge in [0.15, 0.2) is 0 Å². The summed E-state index contributed by atoms with van der Waals surface area (Å²) in [4.78, 5) is 17.4. The summed E-state index contributed by atoms with van der Waals surface area (Å²) in [6, 6.07) is 9.81. The lowest BCUT2D eigenvalue weighted by Crippen LogP contribution is -2.56. The first kappa shape index (κ1) is 22.4. The molecular formula is C27H34N2O3. The number of rotatable bonds is 6. The Hall–Kier alpha value is -2.79. The summed E-state index contributed by atoms with van der Waals surface area (Å²) in [6.45, 7) is 8.75. The quantitative estimate of drug-likeness (QED) is 0.526. The molecular weight excluding hydrogens is 400 g/mol. The van der Waals surface area contributed by atoms with Crippen LogP contribution in [0.25, 0.3) is 6.08 Å². The molecule has 5 nitrogen and oxygen atoms in total. The van der Waals surface area contributed by atoms with Gasteiger partial charge in [0.05, 0.1) is 6.26 Å². The van der Waals surface area contributed by atoms with Crippen LogP contribution in [0.3, 0.4) is 0 Å². The van der Waals surface area contributed by atoms with Crippen molar-refractivity contribution >= 4 is 12.0 Å². The highest BCUT2D eigenvalue weighted by Gasteiger charge is 2.49. The molecule has 0 radical (unpaired) electrons. The highest BCUT2D eigenvalue weighted by atomic mass is 16.3. The molecule has 0 bridgehead atoms. The number of furan rings is 1. The van der Waals surface area contributed by atoms with Gasteiger partial charge in [-0.25, -0.2) is 0 Å². The Bertz CT molecular complexity index is 994. The Labute approximate surface area is 191 Å². The number of aromatic hydroxyl groups is 1. The zero-order valence-corrected chi connectivity index (χ0v) is 19.2. The Morgan fingerprint density at radius 3 is 2.94 bits per heavy atom. The predicted octanol–water partition coefficient (Wildman–Crippen LogP) is 4.76. The molecule has 3 atom stereocenters. The lowest BCUT2D eigenvalue weighted by molar-refractivity contribution is -0.128. The summed E-state index contributed by atoms with van der Waals surface area (Å²) in [7, 11) is 1.92. The minimum Gasteiger partial charge on any atom is -0.508 e. The third-order valence-electron chi connectivity index (χ3n) is 7.59. The lowest BCUT2D eigenvalue weighted by atomic mass is 9.57. The standard InChI is InChI=1S/C27H34N2O3/c1-4-14-29-15-13-27(22-6-5-7-25(30)17-22)18-24(10-9-23(27)19-29)28(3)26(31)11-8-21-12-16-32-20(21)2/h4-8,11-12,16-17,23-24,30H,1,9-10,13-15,18-19H2,2-3H3/b11-8+/t23-,24+,27+/m1/s1. The number of amides is 1. The van der Waals surface area contributed by atoms with Crippen LogP contribution >= 0.6 is 0 Å². The van der Waals surface area contributed by atoms with E-state index in [4.69, 9.17) is 4.42 Å². The smallest absolute Gasteiger partial charge is 0.246 e. The molecule has 1 amide bonds. The lowest BCUT2D eigenvalue weighted by Gasteiger charge is -2.54. The van der Waals surface area contributed by atoms with Gasteiger partial charge in [-0.05, 0) is 74.9 Å². The summed E-state index contributed by atoms with van der Waals surface area (Å²) in [5.74, 6) is 1.64. The number of nitrogens with zero attached hydrogens (tertiary/aromatic N) is 2. The molecule has 1 aliphatic carbocycles. The molecule has 0 spiro atoms. The van der Waals surface area contributed by atoms with E-state index >= 15 is 0 Å². The number of piperidine rings is 1. The van der Waals surface area contributed by atoms with Crippen LogP contribution in [0, 0.1) is 12.8 Å². The molecule has 1 saturated carbocycles. The van der Waals surface area contributed by atoms with Crippen LogP contribution < -0.4 is 0 Å². The second-order valence-electron chi connectivity index (χ2n) is 9.35. The highest BCUT2D eigenvalue weighted by molar-refractivity contribution is 5.92. The van der Waals surface area contributed by atoms with Gasteiger partial charge in [0.25, 0.3) is 0 Å².